The summed E-state index contributed by atoms with van der Waals surface area (Å²) in [5.74, 6) is 0.478. The van der Waals surface area contributed by atoms with Crippen LogP contribution in [0.2, 0.25) is 0 Å². The molecule has 23 heavy (non-hydrogen) atoms. The third kappa shape index (κ3) is 3.33. The van der Waals surface area contributed by atoms with Crippen LogP contribution in [0.5, 0.6) is 5.88 Å². The van der Waals surface area contributed by atoms with Gasteiger partial charge in [0.2, 0.25) is 11.8 Å². The molecular weight excluding hydrogens is 296 g/mol. The molecule has 6 heteroatoms. The van der Waals surface area contributed by atoms with Crippen LogP contribution in [-0.2, 0) is 16.0 Å². The summed E-state index contributed by atoms with van der Waals surface area (Å²) in [5, 5.41) is 13.2. The van der Waals surface area contributed by atoms with E-state index in [4.69, 9.17) is 9.47 Å². The molecule has 2 fully saturated rings. The second-order valence-electron chi connectivity index (χ2n) is 6.29. The van der Waals surface area contributed by atoms with Crippen molar-refractivity contribution in [3.63, 3.8) is 0 Å². The van der Waals surface area contributed by atoms with Crippen molar-refractivity contribution >= 4 is 5.91 Å². The lowest BCUT2D eigenvalue weighted by atomic mass is 9.58. The largest absolute Gasteiger partial charge is 0.478 e. The molecule has 1 aromatic heterocycles. The molecule has 2 atom stereocenters. The molecule has 0 radical (unpaired) electrons. The van der Waals surface area contributed by atoms with Gasteiger partial charge < -0.3 is 19.9 Å². The number of ether oxygens (including phenoxy) is 2. The highest BCUT2D eigenvalue weighted by Crippen LogP contribution is 2.48. The second kappa shape index (κ2) is 6.84. The van der Waals surface area contributed by atoms with Gasteiger partial charge in [-0.05, 0) is 32.3 Å². The van der Waals surface area contributed by atoms with E-state index in [1.54, 1.807) is 6.07 Å². The normalized spacial score (nSPS) is 25.7. The molecule has 1 aliphatic heterocycles. The lowest BCUT2D eigenvalue weighted by Crippen LogP contribution is -2.65. The van der Waals surface area contributed by atoms with E-state index in [-0.39, 0.29) is 29.9 Å². The lowest BCUT2D eigenvalue weighted by molar-refractivity contribution is -0.155. The first-order chi connectivity index (χ1) is 11.1. The predicted molar refractivity (Wildman–Crippen MR) is 84.2 cm³/mol. The average Bonchev–Trinajstić information content (AvgIpc) is 2.56. The molecule has 1 aliphatic carbocycles. The van der Waals surface area contributed by atoms with E-state index >= 15 is 0 Å². The molecule has 1 saturated heterocycles. The fourth-order valence-electron chi connectivity index (χ4n) is 3.59. The first-order valence-electron chi connectivity index (χ1n) is 8.28. The maximum atomic E-state index is 12.3. The minimum absolute atomic E-state index is 0.0315. The lowest BCUT2D eigenvalue weighted by Gasteiger charge is -2.55. The van der Waals surface area contributed by atoms with Gasteiger partial charge in [-0.15, -0.1) is 0 Å². The van der Waals surface area contributed by atoms with Crippen LogP contribution in [0.15, 0.2) is 18.2 Å². The molecule has 1 amide bonds. The zero-order valence-corrected chi connectivity index (χ0v) is 13.5. The van der Waals surface area contributed by atoms with Crippen LogP contribution < -0.4 is 10.1 Å². The highest BCUT2D eigenvalue weighted by atomic mass is 16.5. The highest BCUT2D eigenvalue weighted by Gasteiger charge is 2.55. The van der Waals surface area contributed by atoms with Crippen molar-refractivity contribution in [3.8, 4) is 5.88 Å². The van der Waals surface area contributed by atoms with Gasteiger partial charge in [0.25, 0.3) is 0 Å². The summed E-state index contributed by atoms with van der Waals surface area (Å²) in [6, 6.07) is 5.48. The number of rotatable bonds is 5. The summed E-state index contributed by atoms with van der Waals surface area (Å²) in [6.45, 7) is 3.76. The van der Waals surface area contributed by atoms with Gasteiger partial charge in [-0.25, -0.2) is 4.98 Å². The fraction of sp³-hybridized carbons (Fsp3) is 0.647. The smallest absolute Gasteiger partial charge is 0.226 e. The summed E-state index contributed by atoms with van der Waals surface area (Å²) >= 11 is 0. The Morgan fingerprint density at radius 2 is 2.26 bits per heavy atom. The number of aromatic nitrogens is 1. The first-order valence-corrected chi connectivity index (χ1v) is 8.28. The Balaban J connectivity index is 1.58. The standard InChI is InChI=1S/C17H24N2O4/c1-2-23-16-5-3-4-12(18-16)10-15(21)19-13-11-14(20)17(13)6-8-22-9-7-17/h3-5,13-14,20H,2,6-11H2,1H3,(H,19,21)/t13-,14-/m1/s1. The van der Waals surface area contributed by atoms with Crippen molar-refractivity contribution in [1.29, 1.82) is 0 Å². The summed E-state index contributed by atoms with van der Waals surface area (Å²) in [6.07, 6.45) is 2.11. The third-order valence-corrected chi connectivity index (χ3v) is 4.99. The second-order valence-corrected chi connectivity index (χ2v) is 6.29. The van der Waals surface area contributed by atoms with Crippen LogP contribution in [0.4, 0.5) is 0 Å². The maximum absolute atomic E-state index is 12.3. The van der Waals surface area contributed by atoms with Crippen molar-refractivity contribution < 1.29 is 19.4 Å². The quantitative estimate of drug-likeness (QED) is 0.848. The first kappa shape index (κ1) is 16.2. The van der Waals surface area contributed by atoms with Crippen LogP contribution in [0, 0.1) is 5.41 Å². The fourth-order valence-corrected chi connectivity index (χ4v) is 3.59. The molecule has 2 N–H and O–H groups in total. The van der Waals surface area contributed by atoms with Gasteiger partial charge >= 0.3 is 0 Å². The molecule has 1 aromatic rings. The third-order valence-electron chi connectivity index (χ3n) is 4.99. The van der Waals surface area contributed by atoms with Crippen molar-refractivity contribution in [2.24, 2.45) is 5.41 Å². The number of carbonyl (C=O) groups excluding carboxylic acids is 1. The molecule has 2 aliphatic rings. The number of hydrogen-bond acceptors (Lipinski definition) is 5. The highest BCUT2D eigenvalue weighted by molar-refractivity contribution is 5.78. The molecule has 0 unspecified atom stereocenters. The Labute approximate surface area is 136 Å². The van der Waals surface area contributed by atoms with Crippen molar-refractivity contribution in [2.45, 2.75) is 44.8 Å². The molecule has 2 heterocycles. The van der Waals surface area contributed by atoms with E-state index in [9.17, 15) is 9.90 Å². The van der Waals surface area contributed by atoms with Gasteiger partial charge in [0, 0.05) is 30.7 Å². The van der Waals surface area contributed by atoms with Gasteiger partial charge in [-0.2, -0.15) is 0 Å². The Morgan fingerprint density at radius 1 is 1.48 bits per heavy atom. The number of carbonyl (C=O) groups is 1. The van der Waals surface area contributed by atoms with E-state index in [2.05, 4.69) is 10.3 Å². The molecule has 126 valence electrons. The van der Waals surface area contributed by atoms with E-state index < -0.39 is 0 Å². The Kier molecular flexibility index (Phi) is 4.82. The SMILES string of the molecule is CCOc1cccc(CC(=O)N[C@@H]2C[C@@H](O)C23CCOCC3)n1. The van der Waals surface area contributed by atoms with Crippen molar-refractivity contribution in [1.82, 2.24) is 10.3 Å². The Hall–Kier alpha value is -1.66. The van der Waals surface area contributed by atoms with Crippen LogP contribution >= 0.6 is 0 Å². The van der Waals surface area contributed by atoms with E-state index in [1.165, 1.54) is 0 Å². The number of aliphatic hydroxyl groups is 1. The van der Waals surface area contributed by atoms with Gasteiger partial charge in [-0.3, -0.25) is 4.79 Å². The summed E-state index contributed by atoms with van der Waals surface area (Å²) < 4.78 is 10.7. The van der Waals surface area contributed by atoms with Crippen LogP contribution in [-0.4, -0.2) is 48.0 Å². The van der Waals surface area contributed by atoms with E-state index in [0.717, 1.165) is 12.8 Å². The molecule has 0 bridgehead atoms. The maximum Gasteiger partial charge on any atom is 0.226 e. The summed E-state index contributed by atoms with van der Waals surface area (Å²) in [7, 11) is 0. The molecule has 0 aromatic carbocycles. The number of amides is 1. The van der Waals surface area contributed by atoms with Crippen LogP contribution in [0.25, 0.3) is 0 Å². The zero-order chi connectivity index (χ0) is 16.3. The summed E-state index contributed by atoms with van der Waals surface area (Å²) in [4.78, 5) is 16.6. The number of pyridine rings is 1. The molecule has 3 rings (SSSR count). The molecule has 6 nitrogen and oxygen atoms in total. The zero-order valence-electron chi connectivity index (χ0n) is 13.5. The number of hydrogen-bond donors (Lipinski definition) is 2. The minimum Gasteiger partial charge on any atom is -0.478 e. The number of aliphatic hydroxyl groups excluding tert-OH is 1. The average molecular weight is 320 g/mol. The Bertz CT molecular complexity index is 557. The van der Waals surface area contributed by atoms with Gasteiger partial charge in [-0.1, -0.05) is 6.07 Å². The van der Waals surface area contributed by atoms with E-state index in [0.29, 0.717) is 37.8 Å². The van der Waals surface area contributed by atoms with Crippen LogP contribution in [0.3, 0.4) is 0 Å². The molecular formula is C17H24N2O4. The number of nitrogens with one attached hydrogen (secondary N) is 1. The Morgan fingerprint density at radius 3 is 2.96 bits per heavy atom. The summed E-state index contributed by atoms with van der Waals surface area (Å²) in [5.41, 5.74) is 0.489. The predicted octanol–water partition coefficient (Wildman–Crippen LogP) is 1.07. The minimum atomic E-state index is -0.337. The van der Waals surface area contributed by atoms with Gasteiger partial charge in [0.15, 0.2) is 0 Å². The molecule has 1 spiro atoms. The van der Waals surface area contributed by atoms with Gasteiger partial charge in [0.05, 0.1) is 24.8 Å². The van der Waals surface area contributed by atoms with Crippen molar-refractivity contribution in [2.75, 3.05) is 19.8 Å². The monoisotopic (exact) mass is 320 g/mol. The topological polar surface area (TPSA) is 80.7 Å². The van der Waals surface area contributed by atoms with Crippen LogP contribution in [0.1, 0.15) is 31.9 Å². The van der Waals surface area contributed by atoms with Gasteiger partial charge in [0.1, 0.15) is 0 Å². The van der Waals surface area contributed by atoms with Crippen molar-refractivity contribution in [3.05, 3.63) is 23.9 Å². The number of nitrogens with zero attached hydrogens (tertiary/aromatic N) is 1. The molecule has 1 saturated carbocycles. The van der Waals surface area contributed by atoms with E-state index in [1.807, 2.05) is 19.1 Å².